The normalized spacial score (nSPS) is 14.1. The summed E-state index contributed by atoms with van der Waals surface area (Å²) >= 11 is 0. The number of nitrogens with one attached hydrogen (secondary N) is 1. The third-order valence-corrected chi connectivity index (χ3v) is 5.62. The lowest BCUT2D eigenvalue weighted by Gasteiger charge is -2.31. The zero-order valence-electron chi connectivity index (χ0n) is 18.9. The number of rotatable bonds is 6. The molecule has 2 heterocycles. The largest absolute Gasteiger partial charge is 0.495 e. The van der Waals surface area contributed by atoms with Crippen molar-refractivity contribution in [2.75, 3.05) is 32.1 Å². The molecule has 1 saturated heterocycles. The van der Waals surface area contributed by atoms with E-state index < -0.39 is 11.9 Å². The minimum atomic E-state index is -1.82. The number of carboxylic acid groups (broad SMARTS) is 2. The summed E-state index contributed by atoms with van der Waals surface area (Å²) < 4.78 is 7.55. The highest BCUT2D eigenvalue weighted by Gasteiger charge is 2.22. The first-order valence-corrected chi connectivity index (χ1v) is 10.9. The van der Waals surface area contributed by atoms with Gasteiger partial charge in [-0.05, 0) is 56.1 Å². The smallest absolute Gasteiger partial charge is 0.414 e. The lowest BCUT2D eigenvalue weighted by atomic mass is 9.96. The van der Waals surface area contributed by atoms with Crippen LogP contribution in [0.1, 0.15) is 12.8 Å². The third-order valence-electron chi connectivity index (χ3n) is 5.62. The molecule has 0 spiro atoms. The van der Waals surface area contributed by atoms with Crippen molar-refractivity contribution in [2.24, 2.45) is 5.92 Å². The number of aliphatic carboxylic acids is 2. The molecule has 1 aliphatic rings. The van der Waals surface area contributed by atoms with Gasteiger partial charge in [-0.3, -0.25) is 9.69 Å². The molecule has 0 radical (unpaired) electrons. The van der Waals surface area contributed by atoms with E-state index >= 15 is 0 Å². The van der Waals surface area contributed by atoms with Crippen LogP contribution in [-0.2, 0) is 20.9 Å². The Hall–Kier alpha value is -3.92. The number of hydrogen-bond acceptors (Lipinski definition) is 6. The zero-order valence-corrected chi connectivity index (χ0v) is 18.9. The molecule has 0 saturated carbocycles. The summed E-state index contributed by atoms with van der Waals surface area (Å²) in [6.45, 7) is 3.29. The topological polar surface area (TPSA) is 134 Å². The molecule has 1 amide bonds. The molecule has 180 valence electrons. The van der Waals surface area contributed by atoms with Crippen LogP contribution in [0.2, 0.25) is 0 Å². The predicted molar refractivity (Wildman–Crippen MR) is 126 cm³/mol. The number of carboxylic acids is 2. The minimum absolute atomic E-state index is 0.00329. The van der Waals surface area contributed by atoms with E-state index in [4.69, 9.17) is 24.5 Å². The summed E-state index contributed by atoms with van der Waals surface area (Å²) in [6, 6.07) is 15.7. The SMILES string of the molecule is COc1ccccc1NC(=O)CN1CCC(Cn2cnc3ccccc32)CC1.O=C(O)C(=O)O. The van der Waals surface area contributed by atoms with Gasteiger partial charge in [0.1, 0.15) is 5.75 Å². The van der Waals surface area contributed by atoms with Crippen LogP contribution in [0.4, 0.5) is 5.69 Å². The number of carbonyl (C=O) groups is 3. The fourth-order valence-electron chi connectivity index (χ4n) is 3.90. The van der Waals surface area contributed by atoms with Crippen LogP contribution in [0.5, 0.6) is 5.75 Å². The van der Waals surface area contributed by atoms with Crippen LogP contribution >= 0.6 is 0 Å². The van der Waals surface area contributed by atoms with E-state index in [9.17, 15) is 4.79 Å². The zero-order chi connectivity index (χ0) is 24.5. The maximum Gasteiger partial charge on any atom is 0.414 e. The Bertz CT molecular complexity index is 1130. The molecule has 0 unspecified atom stereocenters. The number of benzene rings is 2. The number of piperidine rings is 1. The van der Waals surface area contributed by atoms with E-state index in [1.165, 1.54) is 5.52 Å². The van der Waals surface area contributed by atoms with E-state index in [0.717, 1.165) is 43.7 Å². The Labute approximate surface area is 196 Å². The molecule has 34 heavy (non-hydrogen) atoms. The van der Waals surface area contributed by atoms with Gasteiger partial charge in [-0.15, -0.1) is 0 Å². The number of carbonyl (C=O) groups excluding carboxylic acids is 1. The van der Waals surface area contributed by atoms with E-state index in [1.54, 1.807) is 7.11 Å². The number of likely N-dealkylation sites (tertiary alicyclic amines) is 1. The van der Waals surface area contributed by atoms with Crippen LogP contribution in [0.3, 0.4) is 0 Å². The van der Waals surface area contributed by atoms with Gasteiger partial charge in [0.2, 0.25) is 5.91 Å². The first-order valence-electron chi connectivity index (χ1n) is 10.9. The number of para-hydroxylation sites is 4. The number of amides is 1. The van der Waals surface area contributed by atoms with Gasteiger partial charge in [0.05, 0.1) is 36.7 Å². The first kappa shape index (κ1) is 24.7. The second-order valence-electron chi connectivity index (χ2n) is 7.96. The molecular weight excluding hydrogens is 440 g/mol. The van der Waals surface area contributed by atoms with E-state index in [1.807, 2.05) is 36.7 Å². The molecule has 1 aliphatic heterocycles. The molecule has 2 aromatic carbocycles. The Morgan fingerprint density at radius 3 is 2.35 bits per heavy atom. The Morgan fingerprint density at radius 1 is 1.03 bits per heavy atom. The van der Waals surface area contributed by atoms with Gasteiger partial charge >= 0.3 is 11.9 Å². The van der Waals surface area contributed by atoms with Crippen molar-refractivity contribution in [2.45, 2.75) is 19.4 Å². The van der Waals surface area contributed by atoms with Gasteiger partial charge in [0, 0.05) is 6.54 Å². The minimum Gasteiger partial charge on any atom is -0.495 e. The van der Waals surface area contributed by atoms with Crippen molar-refractivity contribution >= 4 is 34.6 Å². The van der Waals surface area contributed by atoms with Crippen molar-refractivity contribution in [1.82, 2.24) is 14.5 Å². The quantitative estimate of drug-likeness (QED) is 0.470. The number of fused-ring (bicyclic) bond motifs is 1. The lowest BCUT2D eigenvalue weighted by Crippen LogP contribution is -2.40. The second-order valence-corrected chi connectivity index (χ2v) is 7.96. The van der Waals surface area contributed by atoms with E-state index in [0.29, 0.717) is 18.2 Å². The molecule has 1 aromatic heterocycles. The Kier molecular flexibility index (Phi) is 8.58. The summed E-state index contributed by atoms with van der Waals surface area (Å²) in [7, 11) is 1.61. The fraction of sp³-hybridized carbons (Fsp3) is 0.333. The highest BCUT2D eigenvalue weighted by atomic mass is 16.5. The molecule has 1 fully saturated rings. The highest BCUT2D eigenvalue weighted by Crippen LogP contribution is 2.24. The summed E-state index contributed by atoms with van der Waals surface area (Å²) in [4.78, 5) is 37.3. The maximum atomic E-state index is 12.4. The maximum absolute atomic E-state index is 12.4. The highest BCUT2D eigenvalue weighted by molar-refractivity contribution is 6.27. The van der Waals surface area contributed by atoms with Gasteiger partial charge in [0.25, 0.3) is 0 Å². The van der Waals surface area contributed by atoms with E-state index in [2.05, 4.69) is 38.0 Å². The summed E-state index contributed by atoms with van der Waals surface area (Å²) in [5.41, 5.74) is 2.96. The molecule has 0 atom stereocenters. The predicted octanol–water partition coefficient (Wildman–Crippen LogP) is 2.55. The number of hydrogen-bond donors (Lipinski definition) is 3. The number of imidazole rings is 1. The van der Waals surface area contributed by atoms with Gasteiger partial charge in [-0.1, -0.05) is 24.3 Å². The van der Waals surface area contributed by atoms with Crippen molar-refractivity contribution < 1.29 is 29.3 Å². The molecule has 0 aliphatic carbocycles. The van der Waals surface area contributed by atoms with E-state index in [-0.39, 0.29) is 5.91 Å². The molecule has 10 heteroatoms. The number of nitrogens with zero attached hydrogens (tertiary/aromatic N) is 3. The molecular formula is C24H28N4O6. The summed E-state index contributed by atoms with van der Waals surface area (Å²) in [5.74, 6) is -2.35. The number of ether oxygens (including phenoxy) is 1. The van der Waals surface area contributed by atoms with Gasteiger partial charge in [-0.2, -0.15) is 0 Å². The van der Waals surface area contributed by atoms with Crippen molar-refractivity contribution in [1.29, 1.82) is 0 Å². The van der Waals surface area contributed by atoms with Crippen LogP contribution in [0, 0.1) is 5.92 Å². The standard InChI is InChI=1S/C22H26N4O2.C2H2O4/c1-28-21-9-5-3-7-19(21)24-22(27)15-25-12-10-17(11-13-25)14-26-16-23-18-6-2-4-8-20(18)26;3-1(4)2(5)6/h2-9,16-17H,10-15H2,1H3,(H,24,27);(H,3,4)(H,5,6). The van der Waals surface area contributed by atoms with Gasteiger partial charge in [-0.25, -0.2) is 14.6 Å². The average Bonchev–Trinajstić information content (AvgIpc) is 3.24. The molecule has 0 bridgehead atoms. The molecule has 3 aromatic rings. The summed E-state index contributed by atoms with van der Waals surface area (Å²) in [5, 5.41) is 17.7. The first-order chi connectivity index (χ1) is 16.4. The molecule has 3 N–H and O–H groups in total. The fourth-order valence-corrected chi connectivity index (χ4v) is 3.90. The monoisotopic (exact) mass is 468 g/mol. The average molecular weight is 469 g/mol. The Balaban J connectivity index is 0.000000481. The second kappa shape index (κ2) is 11.8. The number of anilines is 1. The van der Waals surface area contributed by atoms with Crippen molar-refractivity contribution in [3.05, 3.63) is 54.9 Å². The van der Waals surface area contributed by atoms with Crippen molar-refractivity contribution in [3.63, 3.8) is 0 Å². The lowest BCUT2D eigenvalue weighted by molar-refractivity contribution is -0.159. The van der Waals surface area contributed by atoms with Crippen LogP contribution in [0.15, 0.2) is 54.9 Å². The van der Waals surface area contributed by atoms with Crippen LogP contribution < -0.4 is 10.1 Å². The summed E-state index contributed by atoms with van der Waals surface area (Å²) in [6.07, 6.45) is 4.13. The van der Waals surface area contributed by atoms with Gasteiger partial charge < -0.3 is 24.8 Å². The Morgan fingerprint density at radius 2 is 1.68 bits per heavy atom. The molecule has 4 rings (SSSR count). The molecule has 10 nitrogen and oxygen atoms in total. The number of methoxy groups -OCH3 is 1. The van der Waals surface area contributed by atoms with Crippen LogP contribution in [-0.4, -0.2) is 69.3 Å². The van der Waals surface area contributed by atoms with Crippen molar-refractivity contribution in [3.8, 4) is 5.75 Å². The number of aromatic nitrogens is 2. The van der Waals surface area contributed by atoms with Crippen LogP contribution in [0.25, 0.3) is 11.0 Å². The van der Waals surface area contributed by atoms with Gasteiger partial charge in [0.15, 0.2) is 0 Å². The third kappa shape index (κ3) is 6.79.